The lowest BCUT2D eigenvalue weighted by Crippen LogP contribution is -2.49. The predicted octanol–water partition coefficient (Wildman–Crippen LogP) is 3.44. The highest BCUT2D eigenvalue weighted by molar-refractivity contribution is 5.25. The number of rotatable bonds is 7. The van der Waals surface area contributed by atoms with Gasteiger partial charge >= 0.3 is 6.18 Å². The van der Waals surface area contributed by atoms with Crippen molar-refractivity contribution < 1.29 is 13.2 Å². The summed E-state index contributed by atoms with van der Waals surface area (Å²) in [4.78, 5) is 1.49. The minimum absolute atomic E-state index is 0.161. The number of hydrogen-bond acceptors (Lipinski definition) is 2. The second kappa shape index (κ2) is 7.27. The van der Waals surface area contributed by atoms with Crippen LogP contribution in [0.2, 0.25) is 0 Å². The molecule has 0 heterocycles. The Kier molecular flexibility index (Phi) is 6.23. The summed E-state index contributed by atoms with van der Waals surface area (Å²) in [6, 6.07) is 9.55. The summed E-state index contributed by atoms with van der Waals surface area (Å²) in [6.07, 6.45) is -4.18. The zero-order valence-electron chi connectivity index (χ0n) is 13.2. The molecule has 0 amide bonds. The van der Waals surface area contributed by atoms with Crippen LogP contribution in [0.4, 0.5) is 13.2 Å². The Morgan fingerprint density at radius 2 is 1.67 bits per heavy atom. The number of nitrogens with zero attached hydrogens (tertiary/aromatic N) is 1. The molecule has 0 aliphatic carbocycles. The molecular weight excluding hydrogens is 277 g/mol. The van der Waals surface area contributed by atoms with Gasteiger partial charge in [-0.05, 0) is 26.5 Å². The van der Waals surface area contributed by atoms with E-state index in [4.69, 9.17) is 0 Å². The molecule has 0 aliphatic heterocycles. The molecule has 0 aliphatic rings. The second-order valence-corrected chi connectivity index (χ2v) is 6.07. The molecule has 2 nitrogen and oxygen atoms in total. The Morgan fingerprint density at radius 3 is 2.10 bits per heavy atom. The van der Waals surface area contributed by atoms with Crippen LogP contribution in [0.15, 0.2) is 30.3 Å². The van der Waals surface area contributed by atoms with Crippen molar-refractivity contribution in [3.05, 3.63) is 35.9 Å². The minimum atomic E-state index is -4.18. The van der Waals surface area contributed by atoms with Gasteiger partial charge < -0.3 is 5.32 Å². The molecule has 0 aromatic heterocycles. The lowest BCUT2D eigenvalue weighted by atomic mass is 9.81. The Bertz CT molecular complexity index is 417. The van der Waals surface area contributed by atoms with E-state index >= 15 is 0 Å². The Morgan fingerprint density at radius 1 is 1.10 bits per heavy atom. The predicted molar refractivity (Wildman–Crippen MR) is 80.5 cm³/mol. The molecule has 0 saturated heterocycles. The van der Waals surface area contributed by atoms with E-state index in [1.807, 2.05) is 44.3 Å². The standard InChI is InChI=1S/C16H25F3N2/c1-13(2)21(12-16(17,18)19)11-15(3,10-20-4)14-8-6-5-7-9-14/h5-9,13,20H,10-12H2,1-4H3. The largest absolute Gasteiger partial charge is 0.401 e. The lowest BCUT2D eigenvalue weighted by Gasteiger charge is -2.38. The number of likely N-dealkylation sites (N-methyl/N-ethyl adjacent to an activating group) is 1. The van der Waals surface area contributed by atoms with E-state index in [1.54, 1.807) is 13.8 Å². The van der Waals surface area contributed by atoms with Gasteiger partial charge in [0, 0.05) is 24.5 Å². The summed E-state index contributed by atoms with van der Waals surface area (Å²) in [6.45, 7) is 5.71. The molecule has 0 radical (unpaired) electrons. The van der Waals surface area contributed by atoms with Crippen LogP contribution in [0.3, 0.4) is 0 Å². The van der Waals surface area contributed by atoms with Gasteiger partial charge in [0.15, 0.2) is 0 Å². The first kappa shape index (κ1) is 18.0. The third kappa shape index (κ3) is 5.67. The third-order valence-electron chi connectivity index (χ3n) is 3.70. The molecule has 0 bridgehead atoms. The summed E-state index contributed by atoms with van der Waals surface area (Å²) in [7, 11) is 1.82. The quantitative estimate of drug-likeness (QED) is 0.830. The smallest absolute Gasteiger partial charge is 0.319 e. The maximum absolute atomic E-state index is 12.8. The molecule has 0 spiro atoms. The van der Waals surface area contributed by atoms with Crippen LogP contribution >= 0.6 is 0 Å². The van der Waals surface area contributed by atoms with E-state index in [0.29, 0.717) is 13.1 Å². The van der Waals surface area contributed by atoms with Crippen LogP contribution in [0.5, 0.6) is 0 Å². The van der Waals surface area contributed by atoms with Gasteiger partial charge in [-0.1, -0.05) is 37.3 Å². The van der Waals surface area contributed by atoms with Crippen LogP contribution in [0.1, 0.15) is 26.3 Å². The second-order valence-electron chi connectivity index (χ2n) is 6.07. The van der Waals surface area contributed by atoms with E-state index in [9.17, 15) is 13.2 Å². The van der Waals surface area contributed by atoms with Gasteiger partial charge in [-0.15, -0.1) is 0 Å². The van der Waals surface area contributed by atoms with Crippen molar-refractivity contribution in [2.75, 3.05) is 26.7 Å². The van der Waals surface area contributed by atoms with Crippen molar-refractivity contribution in [1.29, 1.82) is 0 Å². The normalized spacial score (nSPS) is 15.5. The molecule has 0 fully saturated rings. The first-order valence-corrected chi connectivity index (χ1v) is 7.19. The molecule has 1 aromatic carbocycles. The summed E-state index contributed by atoms with van der Waals surface area (Å²) in [5.41, 5.74) is 0.679. The molecule has 1 aromatic rings. The molecule has 1 unspecified atom stereocenters. The number of hydrogen-bond donors (Lipinski definition) is 1. The molecule has 21 heavy (non-hydrogen) atoms. The van der Waals surface area contributed by atoms with Gasteiger partial charge in [-0.2, -0.15) is 13.2 Å². The Balaban J connectivity index is 2.99. The monoisotopic (exact) mass is 302 g/mol. The highest BCUT2D eigenvalue weighted by atomic mass is 19.4. The zero-order chi connectivity index (χ0) is 16.1. The first-order valence-electron chi connectivity index (χ1n) is 7.19. The fourth-order valence-corrected chi connectivity index (χ4v) is 2.58. The average molecular weight is 302 g/mol. The molecule has 0 saturated carbocycles. The van der Waals surface area contributed by atoms with Gasteiger partial charge in [0.1, 0.15) is 0 Å². The fraction of sp³-hybridized carbons (Fsp3) is 0.625. The number of alkyl halides is 3. The maximum atomic E-state index is 12.8. The van der Waals surface area contributed by atoms with Crippen LogP contribution in [-0.4, -0.2) is 43.8 Å². The van der Waals surface area contributed by atoms with Crippen molar-refractivity contribution in [1.82, 2.24) is 10.2 Å². The lowest BCUT2D eigenvalue weighted by molar-refractivity contribution is -0.151. The summed E-state index contributed by atoms with van der Waals surface area (Å²) < 4.78 is 38.3. The number of nitrogens with one attached hydrogen (secondary N) is 1. The molecule has 5 heteroatoms. The fourth-order valence-electron chi connectivity index (χ4n) is 2.58. The van der Waals surface area contributed by atoms with Gasteiger partial charge in [0.25, 0.3) is 0 Å². The minimum Gasteiger partial charge on any atom is -0.319 e. The van der Waals surface area contributed by atoms with Crippen molar-refractivity contribution in [3.63, 3.8) is 0 Å². The Labute approximate surface area is 125 Å². The summed E-state index contributed by atoms with van der Waals surface area (Å²) in [5.74, 6) is 0. The van der Waals surface area contributed by atoms with Gasteiger partial charge in [0.05, 0.1) is 6.54 Å². The van der Waals surface area contributed by atoms with Crippen molar-refractivity contribution >= 4 is 0 Å². The third-order valence-corrected chi connectivity index (χ3v) is 3.70. The van der Waals surface area contributed by atoms with Crippen molar-refractivity contribution in [3.8, 4) is 0 Å². The van der Waals surface area contributed by atoms with Crippen molar-refractivity contribution in [2.45, 2.75) is 38.4 Å². The van der Waals surface area contributed by atoms with Gasteiger partial charge in [-0.25, -0.2) is 0 Å². The first-order chi connectivity index (χ1) is 9.68. The molecule has 120 valence electrons. The van der Waals surface area contributed by atoms with Crippen LogP contribution in [0.25, 0.3) is 0 Å². The van der Waals surface area contributed by atoms with Crippen LogP contribution in [0, 0.1) is 0 Å². The van der Waals surface area contributed by atoms with E-state index in [-0.39, 0.29) is 11.5 Å². The highest BCUT2D eigenvalue weighted by Gasteiger charge is 2.36. The van der Waals surface area contributed by atoms with Crippen LogP contribution in [-0.2, 0) is 5.41 Å². The van der Waals surface area contributed by atoms with E-state index in [1.165, 1.54) is 4.90 Å². The molecule has 1 N–H and O–H groups in total. The number of halogens is 3. The number of benzene rings is 1. The maximum Gasteiger partial charge on any atom is 0.401 e. The van der Waals surface area contributed by atoms with Gasteiger partial charge in [0.2, 0.25) is 0 Å². The zero-order valence-corrected chi connectivity index (χ0v) is 13.2. The van der Waals surface area contributed by atoms with Crippen LogP contribution < -0.4 is 5.32 Å². The van der Waals surface area contributed by atoms with Gasteiger partial charge in [-0.3, -0.25) is 4.90 Å². The Hall–Kier alpha value is -1.07. The molecular formula is C16H25F3N2. The average Bonchev–Trinajstić information content (AvgIpc) is 2.37. The summed E-state index contributed by atoms with van der Waals surface area (Å²) in [5, 5.41) is 3.11. The highest BCUT2D eigenvalue weighted by Crippen LogP contribution is 2.27. The van der Waals surface area contributed by atoms with E-state index < -0.39 is 12.7 Å². The summed E-state index contributed by atoms with van der Waals surface area (Å²) >= 11 is 0. The molecule has 1 rings (SSSR count). The van der Waals surface area contributed by atoms with Crippen molar-refractivity contribution in [2.24, 2.45) is 0 Å². The topological polar surface area (TPSA) is 15.3 Å². The SMILES string of the molecule is CNCC(C)(CN(CC(F)(F)F)C(C)C)c1ccccc1. The van der Waals surface area contributed by atoms with E-state index in [0.717, 1.165) is 5.56 Å². The molecule has 1 atom stereocenters. The van der Waals surface area contributed by atoms with E-state index in [2.05, 4.69) is 5.32 Å².